The minimum Gasteiger partial charge on any atom is -0.309 e. The smallest absolute Gasteiger partial charge is 0.193 e. The lowest BCUT2D eigenvalue weighted by Crippen LogP contribution is -2.61. The van der Waals surface area contributed by atoms with Gasteiger partial charge in [-0.05, 0) is 26.2 Å². The van der Waals surface area contributed by atoms with Crippen molar-refractivity contribution >= 4 is 16.3 Å². The van der Waals surface area contributed by atoms with Crippen LogP contribution in [0.5, 0.6) is 0 Å². The molecule has 0 aliphatic carbocycles. The van der Waals surface area contributed by atoms with Crippen LogP contribution in [0.25, 0.3) is 4.96 Å². The van der Waals surface area contributed by atoms with Gasteiger partial charge in [0.2, 0.25) is 0 Å². The number of hydrogen-bond acceptors (Lipinski definition) is 4. The van der Waals surface area contributed by atoms with Gasteiger partial charge < -0.3 is 5.32 Å². The highest BCUT2D eigenvalue weighted by Gasteiger charge is 2.33. The summed E-state index contributed by atoms with van der Waals surface area (Å²) in [5, 5.41) is 5.77. The van der Waals surface area contributed by atoms with Gasteiger partial charge in [-0.25, -0.2) is 4.98 Å². The summed E-state index contributed by atoms with van der Waals surface area (Å²) >= 11 is 1.70. The van der Waals surface area contributed by atoms with Crippen molar-refractivity contribution in [2.24, 2.45) is 5.92 Å². The molecule has 1 aliphatic rings. The van der Waals surface area contributed by atoms with Crippen LogP contribution in [0.4, 0.5) is 0 Å². The maximum Gasteiger partial charge on any atom is 0.193 e. The summed E-state index contributed by atoms with van der Waals surface area (Å²) in [7, 11) is 0. The first kappa shape index (κ1) is 15.0. The maximum atomic E-state index is 4.75. The molecule has 1 N–H and O–H groups in total. The van der Waals surface area contributed by atoms with Gasteiger partial charge in [0.25, 0.3) is 0 Å². The molecule has 0 spiro atoms. The fourth-order valence-electron chi connectivity index (χ4n) is 3.24. The molecule has 21 heavy (non-hydrogen) atoms. The molecule has 1 atom stereocenters. The van der Waals surface area contributed by atoms with Crippen LogP contribution in [0.15, 0.2) is 17.8 Å². The minimum absolute atomic E-state index is 0.185. The minimum atomic E-state index is 0.185. The largest absolute Gasteiger partial charge is 0.309 e. The zero-order valence-electron chi connectivity index (χ0n) is 13.5. The molecule has 0 saturated carbocycles. The Morgan fingerprint density at radius 2 is 2.29 bits per heavy atom. The first-order valence-corrected chi connectivity index (χ1v) is 8.71. The molecule has 116 valence electrons. The van der Waals surface area contributed by atoms with Crippen LogP contribution in [0.2, 0.25) is 0 Å². The molecule has 1 fully saturated rings. The molecule has 0 amide bonds. The molecule has 0 radical (unpaired) electrons. The summed E-state index contributed by atoms with van der Waals surface area (Å²) in [6.07, 6.45) is 5.50. The molecule has 3 rings (SSSR count). The molecule has 3 heterocycles. The standard InChI is InChI=1S/C16H26N4S/c1-12(2)7-14-8-17-16(3,4)11-20(14)10-13-9-19-5-6-21-15(19)18-13/h5-6,9,12,14,17H,7-8,10-11H2,1-4H3. The number of rotatable bonds is 4. The molecule has 2 aromatic rings. The van der Waals surface area contributed by atoms with E-state index in [1.165, 1.54) is 12.1 Å². The third kappa shape index (κ3) is 3.47. The molecular formula is C16H26N4S. The number of nitrogens with one attached hydrogen (secondary N) is 1. The van der Waals surface area contributed by atoms with Crippen molar-refractivity contribution < 1.29 is 0 Å². The van der Waals surface area contributed by atoms with Gasteiger partial charge in [-0.3, -0.25) is 9.30 Å². The molecule has 4 nitrogen and oxygen atoms in total. The van der Waals surface area contributed by atoms with Gasteiger partial charge in [-0.2, -0.15) is 0 Å². The second kappa shape index (κ2) is 5.71. The van der Waals surface area contributed by atoms with Crippen molar-refractivity contribution in [3.8, 4) is 0 Å². The average Bonchev–Trinajstić information content (AvgIpc) is 2.92. The molecule has 0 bridgehead atoms. The summed E-state index contributed by atoms with van der Waals surface area (Å²) in [5.41, 5.74) is 1.37. The van der Waals surface area contributed by atoms with E-state index < -0.39 is 0 Å². The van der Waals surface area contributed by atoms with Crippen molar-refractivity contribution in [2.45, 2.75) is 52.2 Å². The average molecular weight is 306 g/mol. The van der Waals surface area contributed by atoms with Crippen LogP contribution in [-0.2, 0) is 6.54 Å². The van der Waals surface area contributed by atoms with E-state index in [-0.39, 0.29) is 5.54 Å². The Morgan fingerprint density at radius 1 is 1.48 bits per heavy atom. The Morgan fingerprint density at radius 3 is 3.00 bits per heavy atom. The zero-order chi connectivity index (χ0) is 15.0. The van der Waals surface area contributed by atoms with Crippen molar-refractivity contribution in [3.63, 3.8) is 0 Å². The zero-order valence-corrected chi connectivity index (χ0v) is 14.3. The van der Waals surface area contributed by atoms with E-state index in [0.29, 0.717) is 6.04 Å². The van der Waals surface area contributed by atoms with Gasteiger partial charge in [0.15, 0.2) is 4.96 Å². The Hall–Kier alpha value is -0.910. The SMILES string of the molecule is CC(C)CC1CNC(C)(C)CN1Cc1cn2ccsc2n1. The first-order chi connectivity index (χ1) is 9.93. The fourth-order valence-corrected chi connectivity index (χ4v) is 3.96. The molecule has 5 heteroatoms. The van der Waals surface area contributed by atoms with E-state index in [9.17, 15) is 0 Å². The molecule has 2 aromatic heterocycles. The Labute approximate surface area is 131 Å². The van der Waals surface area contributed by atoms with Gasteiger partial charge in [0, 0.05) is 49.0 Å². The summed E-state index contributed by atoms with van der Waals surface area (Å²) in [6, 6.07) is 0.609. The second-order valence-corrected chi connectivity index (χ2v) is 8.15. The summed E-state index contributed by atoms with van der Waals surface area (Å²) in [6.45, 7) is 12.3. The van der Waals surface area contributed by atoms with E-state index in [0.717, 1.165) is 30.5 Å². The summed E-state index contributed by atoms with van der Waals surface area (Å²) in [4.78, 5) is 8.46. The number of aromatic nitrogens is 2. The number of fused-ring (bicyclic) bond motifs is 1. The maximum absolute atomic E-state index is 4.75. The Kier molecular flexibility index (Phi) is 4.08. The van der Waals surface area contributed by atoms with E-state index in [4.69, 9.17) is 4.98 Å². The van der Waals surface area contributed by atoms with Crippen LogP contribution >= 0.6 is 11.3 Å². The predicted octanol–water partition coefficient (Wildman–Crippen LogP) is 2.99. The highest BCUT2D eigenvalue weighted by Crippen LogP contribution is 2.22. The number of piperazine rings is 1. The van der Waals surface area contributed by atoms with Crippen LogP contribution in [0.3, 0.4) is 0 Å². The number of thiazole rings is 1. The number of imidazole rings is 1. The lowest BCUT2D eigenvalue weighted by molar-refractivity contribution is 0.0750. The van der Waals surface area contributed by atoms with Crippen LogP contribution in [0, 0.1) is 5.92 Å². The highest BCUT2D eigenvalue weighted by molar-refractivity contribution is 7.15. The van der Waals surface area contributed by atoms with E-state index >= 15 is 0 Å². The molecule has 1 aliphatic heterocycles. The van der Waals surface area contributed by atoms with Crippen molar-refractivity contribution in [3.05, 3.63) is 23.5 Å². The van der Waals surface area contributed by atoms with Gasteiger partial charge in [0.1, 0.15) is 0 Å². The van der Waals surface area contributed by atoms with Gasteiger partial charge >= 0.3 is 0 Å². The van der Waals surface area contributed by atoms with Crippen molar-refractivity contribution in [1.29, 1.82) is 0 Å². The van der Waals surface area contributed by atoms with Crippen molar-refractivity contribution in [1.82, 2.24) is 19.6 Å². The normalized spacial score (nSPS) is 23.2. The monoisotopic (exact) mass is 306 g/mol. The molecule has 1 unspecified atom stereocenters. The van der Waals surface area contributed by atoms with Gasteiger partial charge in [-0.1, -0.05) is 13.8 Å². The predicted molar refractivity (Wildman–Crippen MR) is 88.8 cm³/mol. The number of hydrogen-bond donors (Lipinski definition) is 1. The molecule has 1 saturated heterocycles. The molecule has 0 aromatic carbocycles. The van der Waals surface area contributed by atoms with E-state index in [1.807, 2.05) is 0 Å². The van der Waals surface area contributed by atoms with Crippen molar-refractivity contribution in [2.75, 3.05) is 13.1 Å². The van der Waals surface area contributed by atoms with E-state index in [1.54, 1.807) is 11.3 Å². The van der Waals surface area contributed by atoms with Gasteiger partial charge in [-0.15, -0.1) is 11.3 Å². The number of nitrogens with zero attached hydrogens (tertiary/aromatic N) is 3. The topological polar surface area (TPSA) is 32.6 Å². The van der Waals surface area contributed by atoms with Crippen LogP contribution < -0.4 is 5.32 Å². The highest BCUT2D eigenvalue weighted by atomic mass is 32.1. The second-order valence-electron chi connectivity index (χ2n) is 7.28. The summed E-state index contributed by atoms with van der Waals surface area (Å²) in [5.74, 6) is 0.728. The Bertz CT molecular complexity index is 570. The van der Waals surface area contributed by atoms with E-state index in [2.05, 4.69) is 60.1 Å². The van der Waals surface area contributed by atoms with Gasteiger partial charge in [0.05, 0.1) is 5.69 Å². The fraction of sp³-hybridized carbons (Fsp3) is 0.688. The molecular weight excluding hydrogens is 280 g/mol. The lowest BCUT2D eigenvalue weighted by Gasteiger charge is -2.45. The van der Waals surface area contributed by atoms with Crippen LogP contribution in [0.1, 0.15) is 39.8 Å². The third-order valence-corrected chi connectivity index (χ3v) is 4.95. The third-order valence-electron chi connectivity index (χ3n) is 4.18. The first-order valence-electron chi connectivity index (χ1n) is 7.83. The summed E-state index contributed by atoms with van der Waals surface area (Å²) < 4.78 is 2.13. The Balaban J connectivity index is 1.76. The quantitative estimate of drug-likeness (QED) is 0.942. The lowest BCUT2D eigenvalue weighted by atomic mass is 9.94. The van der Waals surface area contributed by atoms with Crippen LogP contribution in [-0.4, -0.2) is 39.0 Å².